The Balaban J connectivity index is 2.07. The second-order valence-corrected chi connectivity index (χ2v) is 4.53. The average Bonchev–Trinajstić information content (AvgIpc) is 3.15. The van der Waals surface area contributed by atoms with Crippen molar-refractivity contribution in [1.82, 2.24) is 0 Å². The van der Waals surface area contributed by atoms with Crippen molar-refractivity contribution in [2.45, 2.75) is 31.5 Å². The fraction of sp³-hybridized carbons (Fsp3) is 0.538. The summed E-state index contributed by atoms with van der Waals surface area (Å²) in [5.74, 6) is -0.119. The summed E-state index contributed by atoms with van der Waals surface area (Å²) >= 11 is 0. The maximum absolute atomic E-state index is 13.8. The first kappa shape index (κ1) is 12.3. The summed E-state index contributed by atoms with van der Waals surface area (Å²) in [6.45, 7) is 0. The molecule has 1 aromatic carbocycles. The third-order valence-electron chi connectivity index (χ3n) is 3.19. The first-order chi connectivity index (χ1) is 8.13. The summed E-state index contributed by atoms with van der Waals surface area (Å²) in [6, 6.07) is 4.80. The maximum Gasteiger partial charge on any atom is 0.168 e. The van der Waals surface area contributed by atoms with Crippen molar-refractivity contribution in [1.29, 1.82) is 0 Å². The lowest BCUT2D eigenvalue weighted by Crippen LogP contribution is -2.30. The molecule has 2 atom stereocenters. The third-order valence-corrected chi connectivity index (χ3v) is 3.19. The summed E-state index contributed by atoms with van der Waals surface area (Å²) in [5, 5.41) is 19.5. The first-order valence-electron chi connectivity index (χ1n) is 5.81. The zero-order valence-corrected chi connectivity index (χ0v) is 9.77. The second-order valence-electron chi connectivity index (χ2n) is 4.53. The van der Waals surface area contributed by atoms with Gasteiger partial charge in [0.05, 0.1) is 19.3 Å². The Kier molecular flexibility index (Phi) is 3.64. The highest BCUT2D eigenvalue weighted by Gasteiger charge is 2.34. The van der Waals surface area contributed by atoms with E-state index < -0.39 is 18.0 Å². The fourth-order valence-corrected chi connectivity index (χ4v) is 1.97. The smallest absolute Gasteiger partial charge is 0.168 e. The molecule has 0 amide bonds. The lowest BCUT2D eigenvalue weighted by atomic mass is 10.0. The molecule has 0 saturated heterocycles. The number of methoxy groups -OCH3 is 1. The molecule has 1 aromatic rings. The van der Waals surface area contributed by atoms with Gasteiger partial charge in [0, 0.05) is 6.42 Å². The van der Waals surface area contributed by atoms with Crippen molar-refractivity contribution < 1.29 is 19.3 Å². The SMILES string of the molecule is COc1cccc(CC(O)C(O)C2CC2)c1F. The lowest BCUT2D eigenvalue weighted by Gasteiger charge is -2.18. The van der Waals surface area contributed by atoms with Crippen LogP contribution in [-0.2, 0) is 6.42 Å². The van der Waals surface area contributed by atoms with Crippen LogP contribution < -0.4 is 4.74 Å². The van der Waals surface area contributed by atoms with Gasteiger partial charge in [-0.2, -0.15) is 0 Å². The van der Waals surface area contributed by atoms with E-state index in [2.05, 4.69) is 0 Å². The number of halogens is 1. The fourth-order valence-electron chi connectivity index (χ4n) is 1.97. The Bertz CT molecular complexity index is 390. The maximum atomic E-state index is 13.8. The van der Waals surface area contributed by atoms with Gasteiger partial charge in [-0.3, -0.25) is 0 Å². The molecule has 3 nitrogen and oxygen atoms in total. The quantitative estimate of drug-likeness (QED) is 0.820. The van der Waals surface area contributed by atoms with Crippen LogP contribution in [0.2, 0.25) is 0 Å². The van der Waals surface area contributed by atoms with E-state index in [1.807, 2.05) is 0 Å². The zero-order chi connectivity index (χ0) is 12.4. The van der Waals surface area contributed by atoms with Gasteiger partial charge in [-0.25, -0.2) is 4.39 Å². The molecule has 0 aromatic heterocycles. The highest BCUT2D eigenvalue weighted by Crippen LogP contribution is 2.34. The van der Waals surface area contributed by atoms with Gasteiger partial charge in [-0.05, 0) is 30.4 Å². The third kappa shape index (κ3) is 2.76. The highest BCUT2D eigenvalue weighted by molar-refractivity contribution is 5.31. The van der Waals surface area contributed by atoms with Crippen LogP contribution in [0.1, 0.15) is 18.4 Å². The van der Waals surface area contributed by atoms with Crippen molar-refractivity contribution in [3.63, 3.8) is 0 Å². The average molecular weight is 240 g/mol. The lowest BCUT2D eigenvalue weighted by molar-refractivity contribution is 0.00628. The largest absolute Gasteiger partial charge is 0.494 e. The molecule has 0 heterocycles. The van der Waals surface area contributed by atoms with E-state index in [0.29, 0.717) is 5.56 Å². The van der Waals surface area contributed by atoms with E-state index in [4.69, 9.17) is 4.74 Å². The van der Waals surface area contributed by atoms with Gasteiger partial charge in [0.2, 0.25) is 0 Å². The van der Waals surface area contributed by atoms with Crippen LogP contribution in [0.25, 0.3) is 0 Å². The molecule has 1 fully saturated rings. The minimum absolute atomic E-state index is 0.112. The molecule has 2 rings (SSSR count). The number of hydrogen-bond acceptors (Lipinski definition) is 3. The summed E-state index contributed by atoms with van der Waals surface area (Å²) in [4.78, 5) is 0. The minimum Gasteiger partial charge on any atom is -0.494 e. The summed E-state index contributed by atoms with van der Waals surface area (Å²) in [5.41, 5.74) is 0.372. The molecule has 1 aliphatic carbocycles. The molecule has 94 valence electrons. The number of hydrogen-bond donors (Lipinski definition) is 2. The van der Waals surface area contributed by atoms with Crippen LogP contribution in [0.15, 0.2) is 18.2 Å². The highest BCUT2D eigenvalue weighted by atomic mass is 19.1. The Hall–Kier alpha value is -1.13. The number of aliphatic hydroxyl groups is 2. The molecule has 0 radical (unpaired) electrons. The van der Waals surface area contributed by atoms with E-state index in [-0.39, 0.29) is 18.1 Å². The van der Waals surface area contributed by atoms with Crippen molar-refractivity contribution in [3.05, 3.63) is 29.6 Å². The van der Waals surface area contributed by atoms with Crippen molar-refractivity contribution in [2.75, 3.05) is 7.11 Å². The van der Waals surface area contributed by atoms with Gasteiger partial charge in [-0.15, -0.1) is 0 Å². The molecule has 0 bridgehead atoms. The number of benzene rings is 1. The van der Waals surface area contributed by atoms with Crippen LogP contribution in [0.4, 0.5) is 4.39 Å². The first-order valence-corrected chi connectivity index (χ1v) is 5.81. The van der Waals surface area contributed by atoms with Gasteiger partial charge >= 0.3 is 0 Å². The van der Waals surface area contributed by atoms with Gasteiger partial charge < -0.3 is 14.9 Å². The Morgan fingerprint density at radius 2 is 2.12 bits per heavy atom. The standard InChI is InChI=1S/C13H17FO3/c1-17-11-4-2-3-9(12(11)14)7-10(15)13(16)8-5-6-8/h2-4,8,10,13,15-16H,5-7H2,1H3. The molecule has 2 N–H and O–H groups in total. The summed E-state index contributed by atoms with van der Waals surface area (Å²) in [7, 11) is 1.40. The van der Waals surface area contributed by atoms with E-state index in [1.54, 1.807) is 12.1 Å². The molecule has 4 heteroatoms. The normalized spacial score (nSPS) is 18.8. The van der Waals surface area contributed by atoms with Crippen molar-refractivity contribution in [3.8, 4) is 5.75 Å². The van der Waals surface area contributed by atoms with Crippen molar-refractivity contribution in [2.24, 2.45) is 5.92 Å². The topological polar surface area (TPSA) is 49.7 Å². The van der Waals surface area contributed by atoms with E-state index >= 15 is 0 Å². The van der Waals surface area contributed by atoms with E-state index in [9.17, 15) is 14.6 Å². The number of ether oxygens (including phenoxy) is 1. The van der Waals surface area contributed by atoms with Crippen LogP contribution in [0.5, 0.6) is 5.75 Å². The van der Waals surface area contributed by atoms with Crippen LogP contribution in [0, 0.1) is 11.7 Å². The Labute approximate surface area is 99.8 Å². The van der Waals surface area contributed by atoms with Crippen LogP contribution in [0.3, 0.4) is 0 Å². The molecule has 0 aliphatic heterocycles. The minimum atomic E-state index is -0.913. The summed E-state index contributed by atoms with van der Waals surface area (Å²) in [6.07, 6.45) is 0.336. The molecular weight excluding hydrogens is 223 g/mol. The van der Waals surface area contributed by atoms with Crippen molar-refractivity contribution >= 4 is 0 Å². The number of rotatable bonds is 5. The predicted octanol–water partition coefficient (Wildman–Crippen LogP) is 1.51. The van der Waals surface area contributed by atoms with Crippen LogP contribution >= 0.6 is 0 Å². The monoisotopic (exact) mass is 240 g/mol. The zero-order valence-electron chi connectivity index (χ0n) is 9.77. The molecule has 2 unspecified atom stereocenters. The molecular formula is C13H17FO3. The Morgan fingerprint density at radius 3 is 2.71 bits per heavy atom. The van der Waals surface area contributed by atoms with E-state index in [0.717, 1.165) is 12.8 Å². The Morgan fingerprint density at radius 1 is 1.41 bits per heavy atom. The summed E-state index contributed by atoms with van der Waals surface area (Å²) < 4.78 is 18.7. The van der Waals surface area contributed by atoms with Gasteiger partial charge in [0.15, 0.2) is 11.6 Å². The van der Waals surface area contributed by atoms with Crippen LogP contribution in [-0.4, -0.2) is 29.5 Å². The van der Waals surface area contributed by atoms with Gasteiger partial charge in [0.1, 0.15) is 0 Å². The van der Waals surface area contributed by atoms with E-state index in [1.165, 1.54) is 13.2 Å². The number of aliphatic hydroxyl groups excluding tert-OH is 2. The molecule has 0 spiro atoms. The van der Waals surface area contributed by atoms with Gasteiger partial charge in [-0.1, -0.05) is 12.1 Å². The predicted molar refractivity (Wildman–Crippen MR) is 61.4 cm³/mol. The second kappa shape index (κ2) is 5.02. The molecule has 1 aliphatic rings. The van der Waals surface area contributed by atoms with Gasteiger partial charge in [0.25, 0.3) is 0 Å². The molecule has 1 saturated carbocycles. The molecule has 17 heavy (non-hydrogen) atoms.